The summed E-state index contributed by atoms with van der Waals surface area (Å²) in [6.45, 7) is 1.49. The second-order valence-corrected chi connectivity index (χ2v) is 5.87. The Kier molecular flexibility index (Phi) is 4.35. The van der Waals surface area contributed by atoms with Gasteiger partial charge in [-0.05, 0) is 31.2 Å². The summed E-state index contributed by atoms with van der Waals surface area (Å²) in [5, 5.41) is 2.77. The van der Waals surface area contributed by atoms with Gasteiger partial charge in [-0.2, -0.15) is 0 Å². The standard InChI is InChI=1S/C14H12ClNO2S/c1-9(17)10-3-2-4-11(7-10)16-14(18)8-12-5-6-13(15)19-12/h2-7H,8H2,1H3,(H,16,18). The molecule has 0 unspecified atom stereocenters. The van der Waals surface area contributed by atoms with Gasteiger partial charge in [-0.1, -0.05) is 23.7 Å². The summed E-state index contributed by atoms with van der Waals surface area (Å²) in [6, 6.07) is 10.5. The molecular formula is C14H12ClNO2S. The van der Waals surface area contributed by atoms with Gasteiger partial charge < -0.3 is 5.32 Å². The van der Waals surface area contributed by atoms with E-state index in [1.165, 1.54) is 18.3 Å². The van der Waals surface area contributed by atoms with Crippen LogP contribution in [0.15, 0.2) is 36.4 Å². The third-order valence-electron chi connectivity index (χ3n) is 2.52. The molecule has 2 rings (SSSR count). The van der Waals surface area contributed by atoms with E-state index in [0.29, 0.717) is 15.6 Å². The number of Topliss-reactive ketones (excluding diaryl/α,β-unsaturated/α-hetero) is 1. The molecule has 0 aliphatic rings. The third kappa shape index (κ3) is 3.91. The molecule has 19 heavy (non-hydrogen) atoms. The number of carbonyl (C=O) groups excluding carboxylic acids is 2. The fourth-order valence-corrected chi connectivity index (χ4v) is 2.71. The van der Waals surface area contributed by atoms with Gasteiger partial charge in [0.25, 0.3) is 0 Å². The van der Waals surface area contributed by atoms with Gasteiger partial charge >= 0.3 is 0 Å². The van der Waals surface area contributed by atoms with Crippen LogP contribution in [0.2, 0.25) is 4.34 Å². The molecule has 98 valence electrons. The molecule has 1 heterocycles. The predicted molar refractivity (Wildman–Crippen MR) is 78.1 cm³/mol. The molecule has 0 bridgehead atoms. The highest BCUT2D eigenvalue weighted by Gasteiger charge is 2.07. The van der Waals surface area contributed by atoms with Crippen molar-refractivity contribution in [1.82, 2.24) is 0 Å². The number of anilines is 1. The predicted octanol–water partition coefficient (Wildman–Crippen LogP) is 3.79. The molecule has 0 fully saturated rings. The molecule has 3 nitrogen and oxygen atoms in total. The van der Waals surface area contributed by atoms with E-state index < -0.39 is 0 Å². The lowest BCUT2D eigenvalue weighted by atomic mass is 10.1. The zero-order chi connectivity index (χ0) is 13.8. The summed E-state index contributed by atoms with van der Waals surface area (Å²) in [4.78, 5) is 24.0. The summed E-state index contributed by atoms with van der Waals surface area (Å²) in [5.41, 5.74) is 1.21. The van der Waals surface area contributed by atoms with Crippen LogP contribution < -0.4 is 5.32 Å². The molecule has 0 aliphatic heterocycles. The zero-order valence-corrected chi connectivity index (χ0v) is 11.8. The average Bonchev–Trinajstić information content (AvgIpc) is 2.74. The van der Waals surface area contributed by atoms with Gasteiger partial charge in [0.05, 0.1) is 10.8 Å². The maximum absolute atomic E-state index is 11.8. The highest BCUT2D eigenvalue weighted by atomic mass is 35.5. The van der Waals surface area contributed by atoms with Crippen LogP contribution in [-0.2, 0) is 11.2 Å². The first-order valence-electron chi connectivity index (χ1n) is 5.69. The van der Waals surface area contributed by atoms with Gasteiger partial charge in [0, 0.05) is 16.1 Å². The Labute approximate surface area is 120 Å². The van der Waals surface area contributed by atoms with Crippen molar-refractivity contribution in [3.8, 4) is 0 Å². The Hall–Kier alpha value is -1.65. The number of hydrogen-bond donors (Lipinski definition) is 1. The van der Waals surface area contributed by atoms with Crippen LogP contribution in [-0.4, -0.2) is 11.7 Å². The number of ketones is 1. The van der Waals surface area contributed by atoms with Crippen molar-refractivity contribution in [2.45, 2.75) is 13.3 Å². The normalized spacial score (nSPS) is 10.2. The number of carbonyl (C=O) groups is 2. The van der Waals surface area contributed by atoms with Gasteiger partial charge in [-0.15, -0.1) is 11.3 Å². The topological polar surface area (TPSA) is 46.2 Å². The summed E-state index contributed by atoms with van der Waals surface area (Å²) in [6.07, 6.45) is 0.279. The number of nitrogens with one attached hydrogen (secondary N) is 1. The number of halogens is 1. The van der Waals surface area contributed by atoms with Crippen molar-refractivity contribution in [2.24, 2.45) is 0 Å². The Morgan fingerprint density at radius 1 is 1.26 bits per heavy atom. The quantitative estimate of drug-likeness (QED) is 0.872. The van der Waals surface area contributed by atoms with Gasteiger partial charge in [0.2, 0.25) is 5.91 Å². The Balaban J connectivity index is 2.02. The fourth-order valence-electron chi connectivity index (χ4n) is 1.63. The Morgan fingerprint density at radius 2 is 2.05 bits per heavy atom. The van der Waals surface area contributed by atoms with E-state index in [0.717, 1.165) is 4.88 Å². The smallest absolute Gasteiger partial charge is 0.229 e. The van der Waals surface area contributed by atoms with E-state index >= 15 is 0 Å². The number of rotatable bonds is 4. The van der Waals surface area contributed by atoms with Crippen molar-refractivity contribution in [2.75, 3.05) is 5.32 Å². The van der Waals surface area contributed by atoms with Crippen LogP contribution >= 0.6 is 22.9 Å². The van der Waals surface area contributed by atoms with Gasteiger partial charge in [0.15, 0.2) is 5.78 Å². The van der Waals surface area contributed by atoms with E-state index in [9.17, 15) is 9.59 Å². The number of hydrogen-bond acceptors (Lipinski definition) is 3. The van der Waals surface area contributed by atoms with E-state index in [4.69, 9.17) is 11.6 Å². The lowest BCUT2D eigenvalue weighted by Crippen LogP contribution is -2.13. The SMILES string of the molecule is CC(=O)c1cccc(NC(=O)Cc2ccc(Cl)s2)c1. The second-order valence-electron chi connectivity index (χ2n) is 4.07. The average molecular weight is 294 g/mol. The minimum absolute atomic E-state index is 0.0267. The molecule has 0 radical (unpaired) electrons. The molecule has 2 aromatic rings. The molecule has 0 spiro atoms. The minimum atomic E-state index is -0.126. The third-order valence-corrected chi connectivity index (χ3v) is 3.75. The molecular weight excluding hydrogens is 282 g/mol. The largest absolute Gasteiger partial charge is 0.326 e. The maximum Gasteiger partial charge on any atom is 0.229 e. The first-order chi connectivity index (χ1) is 9.04. The highest BCUT2D eigenvalue weighted by molar-refractivity contribution is 7.16. The number of thiophene rings is 1. The molecule has 1 aromatic heterocycles. The first kappa shape index (κ1) is 13.8. The molecule has 1 aromatic carbocycles. The summed E-state index contributed by atoms with van der Waals surface area (Å²) in [7, 11) is 0. The van der Waals surface area contributed by atoms with Gasteiger partial charge in [-0.3, -0.25) is 9.59 Å². The molecule has 0 atom stereocenters. The molecule has 5 heteroatoms. The lowest BCUT2D eigenvalue weighted by molar-refractivity contribution is -0.115. The van der Waals surface area contributed by atoms with E-state index in [1.54, 1.807) is 30.3 Å². The van der Waals surface area contributed by atoms with E-state index in [1.807, 2.05) is 6.07 Å². The summed E-state index contributed by atoms with van der Waals surface area (Å²) >= 11 is 7.19. The summed E-state index contributed by atoms with van der Waals surface area (Å²) < 4.78 is 0.668. The van der Waals surface area contributed by atoms with Crippen LogP contribution in [0.25, 0.3) is 0 Å². The fraction of sp³-hybridized carbons (Fsp3) is 0.143. The van der Waals surface area contributed by atoms with Crippen LogP contribution in [0.1, 0.15) is 22.2 Å². The zero-order valence-electron chi connectivity index (χ0n) is 10.3. The van der Waals surface area contributed by atoms with Crippen molar-refractivity contribution < 1.29 is 9.59 Å². The number of amides is 1. The van der Waals surface area contributed by atoms with E-state index in [2.05, 4.69) is 5.32 Å². The van der Waals surface area contributed by atoms with Gasteiger partial charge in [0.1, 0.15) is 0 Å². The van der Waals surface area contributed by atoms with Gasteiger partial charge in [-0.25, -0.2) is 0 Å². The molecule has 0 saturated carbocycles. The Bertz CT molecular complexity index is 621. The van der Waals surface area contributed by atoms with Crippen LogP contribution in [0.3, 0.4) is 0 Å². The highest BCUT2D eigenvalue weighted by Crippen LogP contribution is 2.22. The summed E-state index contributed by atoms with van der Waals surface area (Å²) in [5.74, 6) is -0.152. The monoisotopic (exact) mass is 293 g/mol. The van der Waals surface area contributed by atoms with E-state index in [-0.39, 0.29) is 18.1 Å². The molecule has 1 amide bonds. The van der Waals surface area contributed by atoms with Crippen LogP contribution in [0.4, 0.5) is 5.69 Å². The van der Waals surface area contributed by atoms with Crippen molar-refractivity contribution in [1.29, 1.82) is 0 Å². The lowest BCUT2D eigenvalue weighted by Gasteiger charge is -2.05. The first-order valence-corrected chi connectivity index (χ1v) is 6.89. The molecule has 0 aliphatic carbocycles. The molecule has 1 N–H and O–H groups in total. The van der Waals surface area contributed by atoms with Crippen LogP contribution in [0.5, 0.6) is 0 Å². The van der Waals surface area contributed by atoms with Crippen molar-refractivity contribution in [3.05, 3.63) is 51.2 Å². The van der Waals surface area contributed by atoms with Crippen molar-refractivity contribution in [3.63, 3.8) is 0 Å². The Morgan fingerprint density at radius 3 is 2.68 bits per heavy atom. The second kappa shape index (κ2) is 5.99. The number of benzene rings is 1. The van der Waals surface area contributed by atoms with Crippen LogP contribution in [0, 0.1) is 0 Å². The molecule has 0 saturated heterocycles. The maximum atomic E-state index is 11.8. The van der Waals surface area contributed by atoms with Crippen molar-refractivity contribution >= 4 is 40.3 Å². The minimum Gasteiger partial charge on any atom is -0.326 e.